The number of nitrogens with two attached hydrogens (primary N) is 1. The summed E-state index contributed by atoms with van der Waals surface area (Å²) in [5, 5.41) is 9.68. The van der Waals surface area contributed by atoms with Crippen LogP contribution in [0.3, 0.4) is 0 Å². The van der Waals surface area contributed by atoms with Crippen molar-refractivity contribution in [3.63, 3.8) is 0 Å². The maximum atomic E-state index is 11.0. The molecular formula is C23H33N5O. The van der Waals surface area contributed by atoms with E-state index in [2.05, 4.69) is 66.0 Å². The third-order valence-electron chi connectivity index (χ3n) is 5.25. The molecule has 0 aliphatic carbocycles. The first kappa shape index (κ1) is 22.4. The molecule has 156 valence electrons. The highest BCUT2D eigenvalue weighted by molar-refractivity contribution is 5.99. The molecule has 0 radical (unpaired) electrons. The number of nitrogens with one attached hydrogen (secondary N) is 3. The minimum atomic E-state index is -0.573. The van der Waals surface area contributed by atoms with Crippen molar-refractivity contribution in [2.75, 3.05) is 18.9 Å². The third kappa shape index (κ3) is 7.23. The van der Waals surface area contributed by atoms with Crippen LogP contribution in [-0.4, -0.2) is 31.0 Å². The Morgan fingerprint density at radius 1 is 1.10 bits per heavy atom. The average molecular weight is 396 g/mol. The Morgan fingerprint density at radius 3 is 2.34 bits per heavy atom. The van der Waals surface area contributed by atoms with Gasteiger partial charge in [-0.3, -0.25) is 4.99 Å². The molecule has 5 N–H and O–H groups in total. The number of rotatable bonds is 9. The van der Waals surface area contributed by atoms with Gasteiger partial charge in [-0.05, 0) is 62.6 Å². The smallest absolute Gasteiger partial charge is 0.316 e. The number of anilines is 1. The molecule has 2 aromatic carbocycles. The maximum absolute atomic E-state index is 11.0. The van der Waals surface area contributed by atoms with Gasteiger partial charge in [-0.1, -0.05) is 37.3 Å². The lowest BCUT2D eigenvalue weighted by Crippen LogP contribution is -2.49. The van der Waals surface area contributed by atoms with Crippen LogP contribution in [0.15, 0.2) is 59.6 Å². The molecule has 0 saturated carbocycles. The molecule has 0 fully saturated rings. The van der Waals surface area contributed by atoms with Gasteiger partial charge in [-0.15, -0.1) is 0 Å². The summed E-state index contributed by atoms with van der Waals surface area (Å²) in [4.78, 5) is 15.4. The fourth-order valence-electron chi connectivity index (χ4n) is 3.05. The fourth-order valence-corrected chi connectivity index (χ4v) is 3.05. The van der Waals surface area contributed by atoms with E-state index in [0.29, 0.717) is 11.6 Å². The van der Waals surface area contributed by atoms with Crippen LogP contribution in [0.2, 0.25) is 0 Å². The molecule has 6 heteroatoms. The molecule has 0 aliphatic heterocycles. The van der Waals surface area contributed by atoms with Crippen LogP contribution in [0.25, 0.3) is 0 Å². The number of carbonyl (C=O) groups excluding carboxylic acids is 1. The summed E-state index contributed by atoms with van der Waals surface area (Å²) >= 11 is 0. The van der Waals surface area contributed by atoms with Crippen LogP contribution in [0.5, 0.6) is 0 Å². The topological polar surface area (TPSA) is 91.5 Å². The summed E-state index contributed by atoms with van der Waals surface area (Å²) < 4.78 is 0. The summed E-state index contributed by atoms with van der Waals surface area (Å²) in [7, 11) is 1.78. The molecule has 2 rings (SSSR count). The molecule has 2 amide bonds. The SMILES string of the molecule is CN=C(NC(C)(C)C(C)CCNCc1ccccc1)c1ccc(NC(N)=O)cc1. The van der Waals surface area contributed by atoms with Crippen LogP contribution < -0.4 is 21.7 Å². The van der Waals surface area contributed by atoms with Gasteiger partial charge in [0.1, 0.15) is 5.84 Å². The summed E-state index contributed by atoms with van der Waals surface area (Å²) in [6, 6.07) is 17.3. The summed E-state index contributed by atoms with van der Waals surface area (Å²) in [5.74, 6) is 1.25. The molecule has 2 aromatic rings. The van der Waals surface area contributed by atoms with E-state index in [9.17, 15) is 4.79 Å². The van der Waals surface area contributed by atoms with Gasteiger partial charge in [-0.2, -0.15) is 0 Å². The first-order valence-corrected chi connectivity index (χ1v) is 9.98. The molecule has 0 saturated heterocycles. The molecule has 1 atom stereocenters. The molecule has 29 heavy (non-hydrogen) atoms. The van der Waals surface area contributed by atoms with E-state index in [0.717, 1.165) is 30.9 Å². The summed E-state index contributed by atoms with van der Waals surface area (Å²) in [5.41, 5.74) is 7.95. The lowest BCUT2D eigenvalue weighted by molar-refractivity contribution is 0.259. The van der Waals surface area contributed by atoms with Crippen molar-refractivity contribution in [3.8, 4) is 0 Å². The zero-order valence-electron chi connectivity index (χ0n) is 17.8. The Bertz CT molecular complexity index is 800. The van der Waals surface area contributed by atoms with Crippen molar-refractivity contribution < 1.29 is 4.79 Å². The van der Waals surface area contributed by atoms with Crippen molar-refractivity contribution in [2.24, 2.45) is 16.6 Å². The Balaban J connectivity index is 1.88. The first-order valence-electron chi connectivity index (χ1n) is 9.98. The van der Waals surface area contributed by atoms with Gasteiger partial charge >= 0.3 is 6.03 Å². The lowest BCUT2D eigenvalue weighted by Gasteiger charge is -2.34. The zero-order chi connectivity index (χ0) is 21.3. The number of amidine groups is 1. The Hall–Kier alpha value is -2.86. The molecule has 0 spiro atoms. The van der Waals surface area contributed by atoms with E-state index in [1.54, 1.807) is 7.05 Å². The van der Waals surface area contributed by atoms with Crippen molar-refractivity contribution in [1.82, 2.24) is 10.6 Å². The largest absolute Gasteiger partial charge is 0.365 e. The minimum Gasteiger partial charge on any atom is -0.365 e. The van der Waals surface area contributed by atoms with Crippen molar-refractivity contribution in [1.29, 1.82) is 0 Å². The van der Waals surface area contributed by atoms with Crippen LogP contribution in [-0.2, 0) is 6.54 Å². The van der Waals surface area contributed by atoms with Gasteiger partial charge in [0.25, 0.3) is 0 Å². The van der Waals surface area contributed by atoms with Crippen molar-refractivity contribution in [3.05, 3.63) is 65.7 Å². The summed E-state index contributed by atoms with van der Waals surface area (Å²) in [6.45, 7) is 8.48. The van der Waals surface area contributed by atoms with Crippen molar-refractivity contribution >= 4 is 17.6 Å². The molecule has 0 heterocycles. The number of primary amides is 1. The highest BCUT2D eigenvalue weighted by atomic mass is 16.2. The summed E-state index contributed by atoms with van der Waals surface area (Å²) in [6.07, 6.45) is 1.05. The maximum Gasteiger partial charge on any atom is 0.316 e. The number of urea groups is 1. The minimum absolute atomic E-state index is 0.132. The monoisotopic (exact) mass is 395 g/mol. The number of hydrogen-bond acceptors (Lipinski definition) is 3. The Labute approximate surface area is 174 Å². The first-order chi connectivity index (χ1) is 13.8. The Morgan fingerprint density at radius 2 is 1.76 bits per heavy atom. The molecule has 6 nitrogen and oxygen atoms in total. The van der Waals surface area contributed by atoms with E-state index in [-0.39, 0.29) is 5.54 Å². The number of benzene rings is 2. The van der Waals surface area contributed by atoms with E-state index < -0.39 is 6.03 Å². The van der Waals surface area contributed by atoms with Gasteiger partial charge in [0.15, 0.2) is 0 Å². The normalized spacial score (nSPS) is 13.0. The van der Waals surface area contributed by atoms with Crippen molar-refractivity contribution in [2.45, 2.75) is 39.3 Å². The van der Waals surface area contributed by atoms with E-state index in [1.807, 2.05) is 30.3 Å². The van der Waals surface area contributed by atoms with Crippen LogP contribution in [0.4, 0.5) is 10.5 Å². The van der Waals surface area contributed by atoms with Gasteiger partial charge in [-0.25, -0.2) is 4.79 Å². The lowest BCUT2D eigenvalue weighted by atomic mass is 9.86. The second-order valence-electron chi connectivity index (χ2n) is 7.84. The molecular weight excluding hydrogens is 362 g/mol. The fraction of sp³-hybridized carbons (Fsp3) is 0.391. The van der Waals surface area contributed by atoms with Gasteiger partial charge in [0.05, 0.1) is 0 Å². The molecule has 1 unspecified atom stereocenters. The Kier molecular flexibility index (Phi) is 8.21. The number of hydrogen-bond donors (Lipinski definition) is 4. The molecule has 0 aromatic heterocycles. The number of amides is 2. The van der Waals surface area contributed by atoms with Gasteiger partial charge in [0.2, 0.25) is 0 Å². The van der Waals surface area contributed by atoms with Gasteiger partial charge in [0, 0.05) is 30.4 Å². The average Bonchev–Trinajstić information content (AvgIpc) is 2.70. The zero-order valence-corrected chi connectivity index (χ0v) is 17.8. The highest BCUT2D eigenvalue weighted by Crippen LogP contribution is 2.21. The predicted octanol–water partition coefficient (Wildman–Crippen LogP) is 3.74. The third-order valence-corrected chi connectivity index (χ3v) is 5.25. The number of carbonyl (C=O) groups is 1. The highest BCUT2D eigenvalue weighted by Gasteiger charge is 2.26. The van der Waals surface area contributed by atoms with Crippen LogP contribution in [0, 0.1) is 5.92 Å². The van der Waals surface area contributed by atoms with Crippen LogP contribution >= 0.6 is 0 Å². The quantitative estimate of drug-likeness (QED) is 0.296. The van der Waals surface area contributed by atoms with Gasteiger partial charge < -0.3 is 21.7 Å². The predicted molar refractivity (Wildman–Crippen MR) is 121 cm³/mol. The number of aliphatic imine (C=N–C) groups is 1. The van der Waals surface area contributed by atoms with E-state index in [1.165, 1.54) is 5.56 Å². The molecule has 0 aliphatic rings. The standard InChI is InChI=1S/C23H33N5O/c1-17(14-15-26-16-18-8-6-5-7-9-18)23(2,3)28-21(25-4)19-10-12-20(13-11-19)27-22(24)29/h5-13,17,26H,14-16H2,1-4H3,(H,25,28)(H3,24,27,29). The van der Waals surface area contributed by atoms with E-state index >= 15 is 0 Å². The van der Waals surface area contributed by atoms with E-state index in [4.69, 9.17) is 5.73 Å². The number of nitrogens with zero attached hydrogens (tertiary/aromatic N) is 1. The van der Waals surface area contributed by atoms with Crippen LogP contribution in [0.1, 0.15) is 38.3 Å². The second kappa shape index (κ2) is 10.6. The molecule has 0 bridgehead atoms. The second-order valence-corrected chi connectivity index (χ2v) is 7.84.